The zero-order chi connectivity index (χ0) is 16.7. The van der Waals surface area contributed by atoms with Gasteiger partial charge < -0.3 is 20.1 Å². The monoisotopic (exact) mass is 320 g/mol. The highest BCUT2D eigenvalue weighted by Crippen LogP contribution is 2.16. The van der Waals surface area contributed by atoms with E-state index in [2.05, 4.69) is 24.5 Å². The molecule has 0 bridgehead atoms. The molecule has 0 radical (unpaired) electrons. The summed E-state index contributed by atoms with van der Waals surface area (Å²) in [5.41, 5.74) is 0.555. The maximum atomic E-state index is 11.8. The Morgan fingerprint density at radius 2 is 2.00 bits per heavy atom. The van der Waals surface area contributed by atoms with Crippen molar-refractivity contribution in [2.24, 2.45) is 5.92 Å². The van der Waals surface area contributed by atoms with Crippen LogP contribution in [0.3, 0.4) is 0 Å². The summed E-state index contributed by atoms with van der Waals surface area (Å²) in [4.78, 5) is 23.6. The van der Waals surface area contributed by atoms with Gasteiger partial charge in [0.05, 0.1) is 12.7 Å². The average molecular weight is 320 g/mol. The Morgan fingerprint density at radius 3 is 2.61 bits per heavy atom. The van der Waals surface area contributed by atoms with E-state index in [-0.39, 0.29) is 6.10 Å². The smallest absolute Gasteiger partial charge is 0.313 e. The summed E-state index contributed by atoms with van der Waals surface area (Å²) in [6, 6.07) is 6.95. The van der Waals surface area contributed by atoms with E-state index in [9.17, 15) is 9.59 Å². The number of nitrogens with one attached hydrogen (secondary N) is 2. The maximum Gasteiger partial charge on any atom is 0.313 e. The Morgan fingerprint density at radius 1 is 1.26 bits per heavy atom. The molecule has 1 aliphatic heterocycles. The van der Waals surface area contributed by atoms with Gasteiger partial charge in [-0.15, -0.1) is 0 Å². The van der Waals surface area contributed by atoms with Crippen molar-refractivity contribution in [3.8, 4) is 5.75 Å². The van der Waals surface area contributed by atoms with Gasteiger partial charge in [-0.3, -0.25) is 9.59 Å². The fraction of sp³-hybridized carbons (Fsp3) is 0.529. The second-order valence-electron chi connectivity index (χ2n) is 6.03. The molecule has 1 aliphatic rings. The molecule has 126 valence electrons. The lowest BCUT2D eigenvalue weighted by Crippen LogP contribution is -2.39. The van der Waals surface area contributed by atoms with Crippen molar-refractivity contribution in [3.63, 3.8) is 0 Å². The quantitative estimate of drug-likeness (QED) is 0.786. The van der Waals surface area contributed by atoms with E-state index in [1.54, 1.807) is 24.3 Å². The molecule has 0 spiro atoms. The molecule has 1 aromatic rings. The zero-order valence-corrected chi connectivity index (χ0v) is 13.6. The van der Waals surface area contributed by atoms with Crippen LogP contribution in [-0.4, -0.2) is 37.7 Å². The highest BCUT2D eigenvalue weighted by molar-refractivity contribution is 6.39. The molecule has 23 heavy (non-hydrogen) atoms. The number of carbonyl (C=O) groups is 2. The average Bonchev–Trinajstić information content (AvgIpc) is 3.05. The summed E-state index contributed by atoms with van der Waals surface area (Å²) in [7, 11) is 0. The molecule has 0 aromatic heterocycles. The van der Waals surface area contributed by atoms with E-state index in [1.165, 1.54) is 0 Å². The molecule has 1 aromatic carbocycles. The van der Waals surface area contributed by atoms with Gasteiger partial charge in [0.25, 0.3) is 0 Å². The molecule has 6 nitrogen and oxygen atoms in total. The fourth-order valence-corrected chi connectivity index (χ4v) is 2.18. The first-order valence-corrected chi connectivity index (χ1v) is 7.98. The zero-order valence-electron chi connectivity index (χ0n) is 13.6. The van der Waals surface area contributed by atoms with Gasteiger partial charge in [0.15, 0.2) is 0 Å². The number of hydrogen-bond donors (Lipinski definition) is 2. The van der Waals surface area contributed by atoms with Crippen molar-refractivity contribution in [2.45, 2.75) is 32.8 Å². The predicted octanol–water partition coefficient (Wildman–Crippen LogP) is 1.96. The second-order valence-corrected chi connectivity index (χ2v) is 6.03. The Kier molecular flexibility index (Phi) is 6.40. The van der Waals surface area contributed by atoms with Gasteiger partial charge in [-0.25, -0.2) is 0 Å². The standard InChI is InChI=1S/C17H24N2O4/c1-12(2)11-23-14-7-5-13(6-8-14)19-17(21)16(20)18-10-15-4-3-9-22-15/h5-8,12,15H,3-4,9-11H2,1-2H3,(H,18,20)(H,19,21)/t15-/m1/s1. The van der Waals surface area contributed by atoms with Gasteiger partial charge in [0.2, 0.25) is 0 Å². The lowest BCUT2D eigenvalue weighted by atomic mass is 10.2. The lowest BCUT2D eigenvalue weighted by molar-refractivity contribution is -0.136. The van der Waals surface area contributed by atoms with Crippen LogP contribution in [0.1, 0.15) is 26.7 Å². The van der Waals surface area contributed by atoms with Crippen molar-refractivity contribution in [1.82, 2.24) is 5.32 Å². The first kappa shape index (κ1) is 17.3. The summed E-state index contributed by atoms with van der Waals surface area (Å²) in [5, 5.41) is 5.15. The fourth-order valence-electron chi connectivity index (χ4n) is 2.18. The molecule has 0 saturated carbocycles. The normalized spacial score (nSPS) is 17.1. The number of rotatable bonds is 6. The van der Waals surface area contributed by atoms with Crippen LogP contribution in [-0.2, 0) is 14.3 Å². The van der Waals surface area contributed by atoms with Gasteiger partial charge in [0.1, 0.15) is 5.75 Å². The highest BCUT2D eigenvalue weighted by atomic mass is 16.5. The molecule has 2 rings (SSSR count). The SMILES string of the molecule is CC(C)COc1ccc(NC(=O)C(=O)NC[C@H]2CCCO2)cc1. The summed E-state index contributed by atoms with van der Waals surface area (Å²) in [6.45, 7) is 5.87. The van der Waals surface area contributed by atoms with Crippen LogP contribution in [0.5, 0.6) is 5.75 Å². The van der Waals surface area contributed by atoms with E-state index in [0.717, 1.165) is 25.2 Å². The van der Waals surface area contributed by atoms with Crippen molar-refractivity contribution in [3.05, 3.63) is 24.3 Å². The Hall–Kier alpha value is -2.08. The van der Waals surface area contributed by atoms with Crippen LogP contribution in [0.25, 0.3) is 0 Å². The maximum absolute atomic E-state index is 11.8. The van der Waals surface area contributed by atoms with E-state index in [0.29, 0.717) is 24.8 Å². The van der Waals surface area contributed by atoms with Crippen molar-refractivity contribution in [2.75, 3.05) is 25.1 Å². The molecular formula is C17H24N2O4. The van der Waals surface area contributed by atoms with Crippen molar-refractivity contribution < 1.29 is 19.1 Å². The van der Waals surface area contributed by atoms with E-state index in [1.807, 2.05) is 0 Å². The summed E-state index contributed by atoms with van der Waals surface area (Å²) in [6.07, 6.45) is 1.93. The topological polar surface area (TPSA) is 76.7 Å². The molecular weight excluding hydrogens is 296 g/mol. The van der Waals surface area contributed by atoms with E-state index in [4.69, 9.17) is 9.47 Å². The minimum atomic E-state index is -0.682. The largest absolute Gasteiger partial charge is 0.493 e. The molecule has 1 saturated heterocycles. The van der Waals surface area contributed by atoms with Crippen LogP contribution in [0.2, 0.25) is 0 Å². The second kappa shape index (κ2) is 8.53. The Labute approximate surface area is 136 Å². The summed E-state index contributed by atoms with van der Waals surface area (Å²) >= 11 is 0. The van der Waals surface area contributed by atoms with Crippen molar-refractivity contribution >= 4 is 17.5 Å². The summed E-state index contributed by atoms with van der Waals surface area (Å²) in [5.74, 6) is -0.152. The first-order valence-electron chi connectivity index (χ1n) is 7.98. The third-order valence-corrected chi connectivity index (χ3v) is 3.42. The third kappa shape index (κ3) is 5.90. The molecule has 0 aliphatic carbocycles. The lowest BCUT2D eigenvalue weighted by Gasteiger charge is -2.11. The number of anilines is 1. The number of amides is 2. The van der Waals surface area contributed by atoms with Gasteiger partial charge in [-0.2, -0.15) is 0 Å². The minimum Gasteiger partial charge on any atom is -0.493 e. The number of ether oxygens (including phenoxy) is 2. The first-order chi connectivity index (χ1) is 11.0. The predicted molar refractivity (Wildman–Crippen MR) is 87.4 cm³/mol. The van der Waals surface area contributed by atoms with Gasteiger partial charge in [-0.05, 0) is 43.0 Å². The molecule has 1 fully saturated rings. The van der Waals surface area contributed by atoms with Crippen molar-refractivity contribution in [1.29, 1.82) is 0 Å². The van der Waals surface area contributed by atoms with Crippen LogP contribution < -0.4 is 15.4 Å². The molecule has 2 amide bonds. The number of carbonyl (C=O) groups excluding carboxylic acids is 2. The van der Waals surface area contributed by atoms with Gasteiger partial charge in [0, 0.05) is 18.8 Å². The van der Waals surface area contributed by atoms with E-state index >= 15 is 0 Å². The highest BCUT2D eigenvalue weighted by Gasteiger charge is 2.19. The van der Waals surface area contributed by atoms with Gasteiger partial charge in [-0.1, -0.05) is 13.8 Å². The number of hydrogen-bond acceptors (Lipinski definition) is 4. The minimum absolute atomic E-state index is 0.0177. The van der Waals surface area contributed by atoms with Crippen LogP contribution in [0.4, 0.5) is 5.69 Å². The molecule has 2 N–H and O–H groups in total. The summed E-state index contributed by atoms with van der Waals surface area (Å²) < 4.78 is 11.0. The van der Waals surface area contributed by atoms with Crippen LogP contribution in [0.15, 0.2) is 24.3 Å². The molecule has 1 atom stereocenters. The third-order valence-electron chi connectivity index (χ3n) is 3.42. The Balaban J connectivity index is 1.76. The molecule has 1 heterocycles. The number of benzene rings is 1. The van der Waals surface area contributed by atoms with Crippen LogP contribution in [0, 0.1) is 5.92 Å². The van der Waals surface area contributed by atoms with Crippen LogP contribution >= 0.6 is 0 Å². The molecule has 0 unspecified atom stereocenters. The van der Waals surface area contributed by atoms with Gasteiger partial charge >= 0.3 is 11.8 Å². The van der Waals surface area contributed by atoms with E-state index < -0.39 is 11.8 Å². The Bertz CT molecular complexity index is 522. The molecule has 6 heteroatoms.